The number of carboxylic acid groups (broad SMARTS) is 1. The van der Waals surface area contributed by atoms with E-state index in [2.05, 4.69) is 10.3 Å². The summed E-state index contributed by atoms with van der Waals surface area (Å²) in [4.78, 5) is 14.9. The maximum Gasteiger partial charge on any atom is 0.356 e. The molecule has 0 aliphatic rings. The van der Waals surface area contributed by atoms with E-state index >= 15 is 0 Å². The number of benzene rings is 1. The molecule has 0 amide bonds. The Bertz CT molecular complexity index is 632. The zero-order valence-corrected chi connectivity index (χ0v) is 11.5. The molecular formula is C14H13ClN2O3. The van der Waals surface area contributed by atoms with E-state index in [1.165, 1.54) is 6.07 Å². The minimum atomic E-state index is -1.17. The van der Waals surface area contributed by atoms with Crippen LogP contribution in [0.15, 0.2) is 36.4 Å². The van der Waals surface area contributed by atoms with Gasteiger partial charge in [0.25, 0.3) is 0 Å². The van der Waals surface area contributed by atoms with Gasteiger partial charge >= 0.3 is 5.97 Å². The summed E-state index contributed by atoms with van der Waals surface area (Å²) in [6.45, 7) is 2.48. The van der Waals surface area contributed by atoms with Crippen LogP contribution in [0.4, 0.5) is 11.5 Å². The van der Waals surface area contributed by atoms with Gasteiger partial charge in [-0.05, 0) is 31.2 Å². The number of nitrogens with zero attached hydrogens (tertiary/aromatic N) is 1. The number of anilines is 2. The summed E-state index contributed by atoms with van der Waals surface area (Å²) >= 11 is 5.77. The first-order valence-electron chi connectivity index (χ1n) is 6.00. The second-order valence-electron chi connectivity index (χ2n) is 3.92. The molecule has 0 fully saturated rings. The Hall–Kier alpha value is -2.27. The van der Waals surface area contributed by atoms with E-state index in [1.807, 2.05) is 25.1 Å². The average molecular weight is 293 g/mol. The van der Waals surface area contributed by atoms with Gasteiger partial charge in [-0.15, -0.1) is 0 Å². The summed E-state index contributed by atoms with van der Waals surface area (Å²) in [5.74, 6) is -0.0351. The number of rotatable bonds is 5. The smallest absolute Gasteiger partial charge is 0.356 e. The van der Waals surface area contributed by atoms with Crippen LogP contribution in [-0.4, -0.2) is 22.7 Å². The number of hydrogen-bond acceptors (Lipinski definition) is 4. The quantitative estimate of drug-likeness (QED) is 0.881. The van der Waals surface area contributed by atoms with Gasteiger partial charge in [0.1, 0.15) is 11.6 Å². The summed E-state index contributed by atoms with van der Waals surface area (Å²) in [5.41, 5.74) is 0.569. The third-order valence-corrected chi connectivity index (χ3v) is 2.77. The molecule has 0 aliphatic carbocycles. The average Bonchev–Trinajstić information content (AvgIpc) is 2.41. The van der Waals surface area contributed by atoms with Gasteiger partial charge in [-0.2, -0.15) is 0 Å². The maximum absolute atomic E-state index is 11.0. The molecule has 5 nitrogen and oxygen atoms in total. The lowest BCUT2D eigenvalue weighted by molar-refractivity contribution is 0.0691. The van der Waals surface area contributed by atoms with Crippen LogP contribution in [-0.2, 0) is 0 Å². The highest BCUT2D eigenvalue weighted by molar-refractivity contribution is 6.33. The van der Waals surface area contributed by atoms with E-state index in [4.69, 9.17) is 21.4 Å². The van der Waals surface area contributed by atoms with E-state index in [-0.39, 0.29) is 10.7 Å². The van der Waals surface area contributed by atoms with Crippen molar-refractivity contribution in [3.05, 3.63) is 47.1 Å². The van der Waals surface area contributed by atoms with Gasteiger partial charge in [0, 0.05) is 11.8 Å². The summed E-state index contributed by atoms with van der Waals surface area (Å²) < 4.78 is 5.39. The Morgan fingerprint density at radius 3 is 2.90 bits per heavy atom. The van der Waals surface area contributed by atoms with Crippen molar-refractivity contribution in [1.82, 2.24) is 4.98 Å². The SMILES string of the molecule is CCOc1cccc(Nc2ccc(Cl)c(C(=O)O)n2)c1. The number of carbonyl (C=O) groups is 1. The number of halogens is 1. The molecule has 2 N–H and O–H groups in total. The normalized spacial score (nSPS) is 10.1. The zero-order valence-electron chi connectivity index (χ0n) is 10.8. The topological polar surface area (TPSA) is 71.5 Å². The molecule has 104 valence electrons. The third-order valence-electron chi connectivity index (χ3n) is 2.47. The van der Waals surface area contributed by atoms with Crippen molar-refractivity contribution in [2.75, 3.05) is 11.9 Å². The molecule has 20 heavy (non-hydrogen) atoms. The molecule has 2 rings (SSSR count). The fraction of sp³-hybridized carbons (Fsp3) is 0.143. The van der Waals surface area contributed by atoms with Gasteiger partial charge in [0.2, 0.25) is 0 Å². The van der Waals surface area contributed by atoms with Crippen molar-refractivity contribution >= 4 is 29.1 Å². The molecule has 0 saturated carbocycles. The van der Waals surface area contributed by atoms with Gasteiger partial charge in [-0.1, -0.05) is 17.7 Å². The molecule has 2 aromatic rings. The highest BCUT2D eigenvalue weighted by atomic mass is 35.5. The summed E-state index contributed by atoms with van der Waals surface area (Å²) in [6, 6.07) is 10.4. The van der Waals surface area contributed by atoms with Crippen LogP contribution in [0.3, 0.4) is 0 Å². The number of pyridine rings is 1. The number of hydrogen-bond donors (Lipinski definition) is 2. The molecule has 6 heteroatoms. The van der Waals surface area contributed by atoms with Crippen LogP contribution in [0.1, 0.15) is 17.4 Å². The van der Waals surface area contributed by atoms with Crippen LogP contribution in [0, 0.1) is 0 Å². The van der Waals surface area contributed by atoms with E-state index in [1.54, 1.807) is 12.1 Å². The zero-order chi connectivity index (χ0) is 14.5. The molecule has 0 unspecified atom stereocenters. The molecule has 0 radical (unpaired) electrons. The summed E-state index contributed by atoms with van der Waals surface area (Å²) in [5, 5.41) is 12.1. The Labute approximate surface area is 121 Å². The van der Waals surface area contributed by atoms with Crippen LogP contribution in [0.2, 0.25) is 5.02 Å². The van der Waals surface area contributed by atoms with Crippen LogP contribution < -0.4 is 10.1 Å². The Morgan fingerprint density at radius 1 is 1.40 bits per heavy atom. The molecule has 0 spiro atoms. The summed E-state index contributed by atoms with van der Waals surface area (Å²) in [7, 11) is 0. The van der Waals surface area contributed by atoms with Crippen molar-refractivity contribution < 1.29 is 14.6 Å². The number of aromatic carboxylic acids is 1. The summed E-state index contributed by atoms with van der Waals surface area (Å²) in [6.07, 6.45) is 0. The molecular weight excluding hydrogens is 280 g/mol. The molecule has 0 aliphatic heterocycles. The monoisotopic (exact) mass is 292 g/mol. The van der Waals surface area contributed by atoms with Crippen LogP contribution >= 0.6 is 11.6 Å². The van der Waals surface area contributed by atoms with Crippen molar-refractivity contribution in [3.8, 4) is 5.75 Å². The number of ether oxygens (including phenoxy) is 1. The lowest BCUT2D eigenvalue weighted by Gasteiger charge is -2.09. The second kappa shape index (κ2) is 6.25. The fourth-order valence-corrected chi connectivity index (χ4v) is 1.83. The van der Waals surface area contributed by atoms with Crippen molar-refractivity contribution in [1.29, 1.82) is 0 Å². The second-order valence-corrected chi connectivity index (χ2v) is 4.33. The fourth-order valence-electron chi connectivity index (χ4n) is 1.64. The minimum Gasteiger partial charge on any atom is -0.494 e. The predicted molar refractivity (Wildman–Crippen MR) is 77.1 cm³/mol. The molecule has 0 saturated heterocycles. The first-order valence-corrected chi connectivity index (χ1v) is 6.37. The van der Waals surface area contributed by atoms with Gasteiger partial charge < -0.3 is 15.2 Å². The first-order chi connectivity index (χ1) is 9.60. The number of carboxylic acids is 1. The van der Waals surface area contributed by atoms with E-state index in [9.17, 15) is 4.79 Å². The predicted octanol–water partition coefficient (Wildman–Crippen LogP) is 3.58. The van der Waals surface area contributed by atoms with E-state index < -0.39 is 5.97 Å². The number of aromatic nitrogens is 1. The van der Waals surface area contributed by atoms with Gasteiger partial charge in [-0.3, -0.25) is 0 Å². The Morgan fingerprint density at radius 2 is 2.20 bits per heavy atom. The van der Waals surface area contributed by atoms with Crippen LogP contribution in [0.5, 0.6) is 5.75 Å². The Kier molecular flexibility index (Phi) is 4.42. The number of nitrogens with one attached hydrogen (secondary N) is 1. The highest BCUT2D eigenvalue weighted by Gasteiger charge is 2.11. The highest BCUT2D eigenvalue weighted by Crippen LogP contribution is 2.22. The first kappa shape index (κ1) is 14.1. The maximum atomic E-state index is 11.0. The Balaban J connectivity index is 2.23. The molecule has 0 atom stereocenters. The molecule has 0 bridgehead atoms. The molecule has 1 heterocycles. The largest absolute Gasteiger partial charge is 0.494 e. The van der Waals surface area contributed by atoms with E-state index in [0.29, 0.717) is 12.4 Å². The van der Waals surface area contributed by atoms with Crippen molar-refractivity contribution in [3.63, 3.8) is 0 Å². The van der Waals surface area contributed by atoms with Gasteiger partial charge in [-0.25, -0.2) is 9.78 Å². The van der Waals surface area contributed by atoms with Gasteiger partial charge in [0.05, 0.1) is 11.6 Å². The molecule has 1 aromatic heterocycles. The van der Waals surface area contributed by atoms with E-state index in [0.717, 1.165) is 11.4 Å². The van der Waals surface area contributed by atoms with Crippen molar-refractivity contribution in [2.45, 2.75) is 6.92 Å². The lowest BCUT2D eigenvalue weighted by atomic mass is 10.3. The molecule has 1 aromatic carbocycles. The van der Waals surface area contributed by atoms with Crippen molar-refractivity contribution in [2.24, 2.45) is 0 Å². The standard InChI is InChI=1S/C14H13ClN2O3/c1-2-20-10-5-3-4-9(8-10)16-12-7-6-11(15)13(17-12)14(18)19/h3-8H,2H2,1H3,(H,16,17)(H,18,19). The van der Waals surface area contributed by atoms with Crippen LogP contribution in [0.25, 0.3) is 0 Å². The minimum absolute atomic E-state index is 0.103. The lowest BCUT2D eigenvalue weighted by Crippen LogP contribution is -2.04. The third kappa shape index (κ3) is 3.39. The van der Waals surface area contributed by atoms with Gasteiger partial charge in [0.15, 0.2) is 5.69 Å².